The van der Waals surface area contributed by atoms with Crippen LogP contribution in [0.1, 0.15) is 46.5 Å². The maximum atomic E-state index is 12.2. The van der Waals surface area contributed by atoms with E-state index in [4.69, 9.17) is 9.47 Å². The van der Waals surface area contributed by atoms with Gasteiger partial charge >= 0.3 is 12.1 Å². The van der Waals surface area contributed by atoms with Gasteiger partial charge in [-0.1, -0.05) is 0 Å². The van der Waals surface area contributed by atoms with E-state index in [2.05, 4.69) is 0 Å². The van der Waals surface area contributed by atoms with Crippen LogP contribution >= 0.6 is 0 Å². The topological polar surface area (TPSA) is 55.8 Å². The third-order valence-corrected chi connectivity index (χ3v) is 4.00. The highest BCUT2D eigenvalue weighted by Gasteiger charge is 2.55. The first-order valence-electron chi connectivity index (χ1n) is 6.86. The highest BCUT2D eigenvalue weighted by atomic mass is 16.6. The second kappa shape index (κ2) is 4.69. The van der Waals surface area contributed by atoms with Crippen molar-refractivity contribution < 1.29 is 19.1 Å². The van der Waals surface area contributed by atoms with Crippen molar-refractivity contribution in [2.24, 2.45) is 5.92 Å². The number of carbonyl (C=O) groups is 2. The van der Waals surface area contributed by atoms with Crippen molar-refractivity contribution in [3.8, 4) is 0 Å². The van der Waals surface area contributed by atoms with E-state index in [0.717, 1.165) is 19.4 Å². The van der Waals surface area contributed by atoms with Gasteiger partial charge in [-0.15, -0.1) is 0 Å². The molecular formula is C14H23NO4. The molecule has 1 saturated carbocycles. The fourth-order valence-corrected chi connectivity index (χ4v) is 3.16. The number of methoxy groups -OCH3 is 1. The van der Waals surface area contributed by atoms with Crippen LogP contribution in [-0.4, -0.2) is 41.8 Å². The van der Waals surface area contributed by atoms with Gasteiger partial charge in [0.15, 0.2) is 0 Å². The van der Waals surface area contributed by atoms with Gasteiger partial charge in [-0.3, -0.25) is 4.79 Å². The lowest BCUT2D eigenvalue weighted by molar-refractivity contribution is -0.154. The molecule has 5 nitrogen and oxygen atoms in total. The maximum Gasteiger partial charge on any atom is 0.410 e. The zero-order valence-electron chi connectivity index (χ0n) is 12.2. The van der Waals surface area contributed by atoms with E-state index in [1.165, 1.54) is 7.11 Å². The third-order valence-electron chi connectivity index (χ3n) is 4.00. The van der Waals surface area contributed by atoms with Gasteiger partial charge in [-0.25, -0.2) is 4.79 Å². The summed E-state index contributed by atoms with van der Waals surface area (Å²) in [5, 5.41) is 0. The molecule has 5 heteroatoms. The Morgan fingerprint density at radius 1 is 1.26 bits per heavy atom. The van der Waals surface area contributed by atoms with Crippen molar-refractivity contribution in [3.05, 3.63) is 0 Å². The average Bonchev–Trinajstić information content (AvgIpc) is 2.67. The third kappa shape index (κ3) is 2.69. The summed E-state index contributed by atoms with van der Waals surface area (Å²) < 4.78 is 10.2. The van der Waals surface area contributed by atoms with Crippen molar-refractivity contribution in [2.45, 2.75) is 57.6 Å². The molecule has 108 valence electrons. The first kappa shape index (κ1) is 14.2. The Labute approximate surface area is 114 Å². The lowest BCUT2D eigenvalue weighted by atomic mass is 9.67. The van der Waals surface area contributed by atoms with Crippen LogP contribution in [0.15, 0.2) is 0 Å². The van der Waals surface area contributed by atoms with Crippen LogP contribution in [-0.2, 0) is 14.3 Å². The molecular weight excluding hydrogens is 246 g/mol. The number of ether oxygens (including phenoxy) is 2. The van der Waals surface area contributed by atoms with Crippen molar-refractivity contribution in [1.29, 1.82) is 0 Å². The summed E-state index contributed by atoms with van der Waals surface area (Å²) in [7, 11) is 1.41. The maximum absolute atomic E-state index is 12.2. The molecule has 2 fully saturated rings. The average molecular weight is 269 g/mol. The fourth-order valence-electron chi connectivity index (χ4n) is 3.16. The van der Waals surface area contributed by atoms with Crippen molar-refractivity contribution in [2.75, 3.05) is 13.7 Å². The normalized spacial score (nSPS) is 30.1. The van der Waals surface area contributed by atoms with Crippen LogP contribution in [0, 0.1) is 5.92 Å². The van der Waals surface area contributed by atoms with Crippen molar-refractivity contribution in [1.82, 2.24) is 4.90 Å². The number of nitrogens with zero attached hydrogens (tertiary/aromatic N) is 1. The van der Waals surface area contributed by atoms with Gasteiger partial charge in [0.2, 0.25) is 0 Å². The van der Waals surface area contributed by atoms with Crippen molar-refractivity contribution in [3.63, 3.8) is 0 Å². The largest absolute Gasteiger partial charge is 0.469 e. The van der Waals surface area contributed by atoms with Crippen LogP contribution in [0.4, 0.5) is 4.79 Å². The zero-order valence-corrected chi connectivity index (χ0v) is 12.2. The summed E-state index contributed by atoms with van der Waals surface area (Å²) in [6.07, 6.45) is 3.10. The van der Waals surface area contributed by atoms with E-state index in [1.54, 1.807) is 0 Å². The molecule has 1 amide bonds. The van der Waals surface area contributed by atoms with Crippen LogP contribution in [0.25, 0.3) is 0 Å². The molecule has 0 aromatic rings. The minimum atomic E-state index is -0.480. The zero-order chi connectivity index (χ0) is 14.3. The number of amides is 1. The van der Waals surface area contributed by atoms with E-state index < -0.39 is 5.60 Å². The van der Waals surface area contributed by atoms with Gasteiger partial charge < -0.3 is 14.4 Å². The lowest BCUT2D eigenvalue weighted by Crippen LogP contribution is -2.58. The SMILES string of the molecule is COC(=O)C1CC2(CCCN2C(=O)OC(C)(C)C)C1. The van der Waals surface area contributed by atoms with Gasteiger partial charge in [-0.2, -0.15) is 0 Å². The number of rotatable bonds is 1. The number of hydrogen-bond donors (Lipinski definition) is 0. The Balaban J connectivity index is 1.99. The van der Waals surface area contributed by atoms with Gasteiger partial charge in [0.25, 0.3) is 0 Å². The van der Waals surface area contributed by atoms with Crippen LogP contribution in [0.5, 0.6) is 0 Å². The Kier molecular flexibility index (Phi) is 3.49. The predicted molar refractivity (Wildman–Crippen MR) is 69.6 cm³/mol. The van der Waals surface area contributed by atoms with E-state index >= 15 is 0 Å². The number of esters is 1. The van der Waals surface area contributed by atoms with E-state index in [-0.39, 0.29) is 23.5 Å². The molecule has 2 aliphatic rings. The summed E-state index contributed by atoms with van der Waals surface area (Å²) >= 11 is 0. The standard InChI is InChI=1S/C14H23NO4/c1-13(2,3)19-12(17)15-7-5-6-14(15)8-10(9-14)11(16)18-4/h10H,5-9H2,1-4H3. The highest BCUT2D eigenvalue weighted by molar-refractivity contribution is 5.76. The lowest BCUT2D eigenvalue weighted by Gasteiger charge is -2.49. The van der Waals surface area contributed by atoms with Crippen LogP contribution in [0.3, 0.4) is 0 Å². The van der Waals surface area contributed by atoms with E-state index in [0.29, 0.717) is 12.8 Å². The summed E-state index contributed by atoms with van der Waals surface area (Å²) in [5.41, 5.74) is -0.645. The molecule has 19 heavy (non-hydrogen) atoms. The van der Waals surface area contributed by atoms with E-state index in [1.807, 2.05) is 25.7 Å². The first-order chi connectivity index (χ1) is 8.77. The second-order valence-corrected chi connectivity index (χ2v) is 6.59. The molecule has 0 aromatic heterocycles. The molecule has 1 aliphatic heterocycles. The molecule has 1 heterocycles. The summed E-state index contributed by atoms with van der Waals surface area (Å²) in [4.78, 5) is 25.5. The molecule has 0 aromatic carbocycles. The van der Waals surface area contributed by atoms with Crippen LogP contribution in [0.2, 0.25) is 0 Å². The Hall–Kier alpha value is -1.26. The van der Waals surface area contributed by atoms with Crippen molar-refractivity contribution >= 4 is 12.1 Å². The van der Waals surface area contributed by atoms with Gasteiger partial charge in [0, 0.05) is 12.1 Å². The molecule has 0 radical (unpaired) electrons. The van der Waals surface area contributed by atoms with Gasteiger partial charge in [0.1, 0.15) is 5.60 Å². The predicted octanol–water partition coefficient (Wildman–Crippen LogP) is 2.34. The molecule has 1 saturated heterocycles. The fraction of sp³-hybridized carbons (Fsp3) is 0.857. The quantitative estimate of drug-likeness (QED) is 0.686. The summed E-state index contributed by atoms with van der Waals surface area (Å²) in [6, 6.07) is 0. The van der Waals surface area contributed by atoms with Crippen LogP contribution < -0.4 is 0 Å². The minimum absolute atomic E-state index is 0.0620. The molecule has 1 aliphatic carbocycles. The molecule has 2 rings (SSSR count). The smallest absolute Gasteiger partial charge is 0.410 e. The minimum Gasteiger partial charge on any atom is -0.469 e. The number of likely N-dealkylation sites (tertiary alicyclic amines) is 1. The Morgan fingerprint density at radius 2 is 1.89 bits per heavy atom. The van der Waals surface area contributed by atoms with E-state index in [9.17, 15) is 9.59 Å². The molecule has 0 N–H and O–H groups in total. The number of hydrogen-bond acceptors (Lipinski definition) is 4. The number of carbonyl (C=O) groups excluding carboxylic acids is 2. The first-order valence-corrected chi connectivity index (χ1v) is 6.86. The molecule has 1 spiro atoms. The monoisotopic (exact) mass is 269 g/mol. The Morgan fingerprint density at radius 3 is 2.42 bits per heavy atom. The molecule has 0 atom stereocenters. The van der Waals surface area contributed by atoms with Gasteiger partial charge in [-0.05, 0) is 46.5 Å². The molecule has 0 bridgehead atoms. The summed E-state index contributed by atoms with van der Waals surface area (Å²) in [5.74, 6) is -0.227. The highest BCUT2D eigenvalue weighted by Crippen LogP contribution is 2.49. The molecule has 0 unspecified atom stereocenters. The Bertz CT molecular complexity index is 379. The summed E-state index contributed by atoms with van der Waals surface area (Å²) in [6.45, 7) is 6.33. The van der Waals surface area contributed by atoms with Gasteiger partial charge in [0.05, 0.1) is 13.0 Å². The second-order valence-electron chi connectivity index (χ2n) is 6.59.